The lowest BCUT2D eigenvalue weighted by molar-refractivity contribution is 0.137. The average Bonchev–Trinajstić information content (AvgIpc) is 2.80. The van der Waals surface area contributed by atoms with Crippen LogP contribution in [0.2, 0.25) is 0 Å². The van der Waals surface area contributed by atoms with Gasteiger partial charge in [-0.25, -0.2) is 9.19 Å². The molecule has 2 aromatic rings. The van der Waals surface area contributed by atoms with Crippen LogP contribution >= 0.6 is 0 Å². The van der Waals surface area contributed by atoms with Gasteiger partial charge in [-0.05, 0) is 30.5 Å². The van der Waals surface area contributed by atoms with E-state index in [9.17, 15) is 4.21 Å². The van der Waals surface area contributed by atoms with Crippen molar-refractivity contribution in [2.24, 2.45) is 5.92 Å². The van der Waals surface area contributed by atoms with E-state index in [2.05, 4.69) is 18.8 Å². The molecule has 0 saturated carbocycles. The average molecular weight is 296 g/mol. The molecular formula is C14H20N2O3S. The van der Waals surface area contributed by atoms with Crippen molar-refractivity contribution in [3.63, 3.8) is 0 Å². The molecular weight excluding hydrogens is 276 g/mol. The highest BCUT2D eigenvalue weighted by Crippen LogP contribution is 2.20. The number of oxazole rings is 1. The Balaban J connectivity index is 1.88. The fourth-order valence-corrected chi connectivity index (χ4v) is 2.49. The molecule has 1 aromatic heterocycles. The number of nitrogens with two attached hydrogens (primary N) is 1. The van der Waals surface area contributed by atoms with Crippen molar-refractivity contribution in [1.29, 1.82) is 0 Å². The van der Waals surface area contributed by atoms with Crippen LogP contribution in [0.1, 0.15) is 20.3 Å². The number of hydrogen-bond acceptors (Lipinski definition) is 5. The van der Waals surface area contributed by atoms with E-state index >= 15 is 0 Å². The van der Waals surface area contributed by atoms with Crippen LogP contribution in [0, 0.1) is 5.92 Å². The fraction of sp³-hybridized carbons (Fsp3) is 0.500. The van der Waals surface area contributed by atoms with Gasteiger partial charge in [-0.15, -0.1) is 0 Å². The molecule has 110 valence electrons. The van der Waals surface area contributed by atoms with E-state index in [1.165, 1.54) is 0 Å². The summed E-state index contributed by atoms with van der Waals surface area (Å²) < 4.78 is 22.9. The zero-order valence-corrected chi connectivity index (χ0v) is 12.6. The third kappa shape index (κ3) is 4.05. The molecule has 0 aliphatic rings. The maximum Gasteiger partial charge on any atom is 0.288 e. The minimum atomic E-state index is -1.28. The molecule has 5 nitrogen and oxygen atoms in total. The maximum absolute atomic E-state index is 12.0. The van der Waals surface area contributed by atoms with Gasteiger partial charge in [-0.2, -0.15) is 0 Å². The number of ether oxygens (including phenoxy) is 1. The molecule has 0 aliphatic carbocycles. The number of fused-ring (bicyclic) bond motifs is 1. The summed E-state index contributed by atoms with van der Waals surface area (Å²) in [5.41, 5.74) is 7.51. The maximum atomic E-state index is 12.0. The van der Waals surface area contributed by atoms with Gasteiger partial charge < -0.3 is 14.9 Å². The molecule has 0 amide bonds. The SMILES string of the molecule is CC(C)CCOCCS(=O)c1nc2cc(N)ccc2o1. The summed E-state index contributed by atoms with van der Waals surface area (Å²) in [5, 5.41) is 0.234. The van der Waals surface area contributed by atoms with Crippen molar-refractivity contribution >= 4 is 27.6 Å². The standard InChI is InChI=1S/C14H20N2O3S/c1-10(2)5-6-18-7-8-20(17)14-16-12-9-11(15)3-4-13(12)19-14/h3-4,9-10H,5-8,15H2,1-2H3. The predicted octanol–water partition coefficient (Wildman–Crippen LogP) is 2.58. The van der Waals surface area contributed by atoms with Crippen molar-refractivity contribution in [1.82, 2.24) is 4.98 Å². The van der Waals surface area contributed by atoms with Crippen LogP contribution in [0.4, 0.5) is 5.69 Å². The van der Waals surface area contributed by atoms with Crippen LogP contribution in [-0.4, -0.2) is 28.2 Å². The lowest BCUT2D eigenvalue weighted by Gasteiger charge is -2.05. The van der Waals surface area contributed by atoms with E-state index in [-0.39, 0.29) is 5.22 Å². The molecule has 1 aromatic carbocycles. The molecule has 6 heteroatoms. The van der Waals surface area contributed by atoms with E-state index in [0.717, 1.165) is 6.42 Å². The summed E-state index contributed by atoms with van der Waals surface area (Å²) in [6.45, 7) is 5.43. The van der Waals surface area contributed by atoms with Crippen molar-refractivity contribution in [3.05, 3.63) is 18.2 Å². The van der Waals surface area contributed by atoms with E-state index in [0.29, 0.717) is 41.7 Å². The lowest BCUT2D eigenvalue weighted by atomic mass is 10.1. The van der Waals surface area contributed by atoms with Crippen LogP contribution < -0.4 is 5.73 Å². The van der Waals surface area contributed by atoms with Crippen molar-refractivity contribution in [2.45, 2.75) is 25.5 Å². The molecule has 0 saturated heterocycles. The molecule has 2 rings (SSSR count). The van der Waals surface area contributed by atoms with Crippen LogP contribution in [0.3, 0.4) is 0 Å². The second-order valence-electron chi connectivity index (χ2n) is 5.05. The van der Waals surface area contributed by atoms with Gasteiger partial charge in [-0.3, -0.25) is 0 Å². The highest BCUT2D eigenvalue weighted by Gasteiger charge is 2.12. The molecule has 0 fully saturated rings. The van der Waals surface area contributed by atoms with Gasteiger partial charge in [-0.1, -0.05) is 13.8 Å². The smallest absolute Gasteiger partial charge is 0.288 e. The minimum Gasteiger partial charge on any atom is -0.430 e. The number of anilines is 1. The summed E-state index contributed by atoms with van der Waals surface area (Å²) in [5.74, 6) is 1.00. The van der Waals surface area contributed by atoms with Crippen LogP contribution in [0.25, 0.3) is 11.1 Å². The summed E-state index contributed by atoms with van der Waals surface area (Å²) in [6.07, 6.45) is 1.01. The van der Waals surface area contributed by atoms with Gasteiger partial charge in [0.1, 0.15) is 16.3 Å². The summed E-state index contributed by atoms with van der Waals surface area (Å²) in [6, 6.07) is 5.17. The fourth-order valence-electron chi connectivity index (χ4n) is 1.66. The molecule has 1 heterocycles. The number of nitrogens with zero attached hydrogens (tertiary/aromatic N) is 1. The van der Waals surface area contributed by atoms with Crippen molar-refractivity contribution < 1.29 is 13.4 Å². The molecule has 20 heavy (non-hydrogen) atoms. The second-order valence-corrected chi connectivity index (χ2v) is 6.50. The Hall–Kier alpha value is -1.40. The number of nitrogen functional groups attached to an aromatic ring is 1. The first-order valence-corrected chi connectivity index (χ1v) is 8.00. The molecule has 2 N–H and O–H groups in total. The second kappa shape index (κ2) is 6.85. The molecule has 0 bridgehead atoms. The number of aromatic nitrogens is 1. The highest BCUT2D eigenvalue weighted by atomic mass is 32.2. The molecule has 1 atom stereocenters. The summed E-state index contributed by atoms with van der Waals surface area (Å²) in [4.78, 5) is 4.20. The molecule has 0 aliphatic heterocycles. The topological polar surface area (TPSA) is 78.3 Å². The summed E-state index contributed by atoms with van der Waals surface area (Å²) in [7, 11) is -1.28. The van der Waals surface area contributed by atoms with Gasteiger partial charge in [0.15, 0.2) is 5.58 Å². The van der Waals surface area contributed by atoms with Crippen molar-refractivity contribution in [3.8, 4) is 0 Å². The largest absolute Gasteiger partial charge is 0.430 e. The van der Waals surface area contributed by atoms with Crippen LogP contribution in [0.5, 0.6) is 0 Å². The summed E-state index contributed by atoms with van der Waals surface area (Å²) >= 11 is 0. The van der Waals surface area contributed by atoms with E-state index < -0.39 is 10.8 Å². The van der Waals surface area contributed by atoms with Gasteiger partial charge in [0.2, 0.25) is 0 Å². The molecule has 0 spiro atoms. The van der Waals surface area contributed by atoms with Crippen LogP contribution in [-0.2, 0) is 15.5 Å². The number of benzene rings is 1. The van der Waals surface area contributed by atoms with E-state index in [1.807, 2.05) is 0 Å². The first kappa shape index (κ1) is 15.0. The quantitative estimate of drug-likeness (QED) is 0.627. The first-order chi connectivity index (χ1) is 9.56. The Morgan fingerprint density at radius 2 is 2.20 bits per heavy atom. The molecule has 0 radical (unpaired) electrons. The number of rotatable bonds is 7. The monoisotopic (exact) mass is 296 g/mol. The van der Waals surface area contributed by atoms with Gasteiger partial charge in [0, 0.05) is 12.3 Å². The predicted molar refractivity (Wildman–Crippen MR) is 80.0 cm³/mol. The first-order valence-electron chi connectivity index (χ1n) is 6.68. The Morgan fingerprint density at radius 3 is 2.95 bits per heavy atom. The third-order valence-corrected chi connectivity index (χ3v) is 3.94. The Morgan fingerprint density at radius 1 is 1.40 bits per heavy atom. The lowest BCUT2D eigenvalue weighted by Crippen LogP contribution is -2.08. The van der Waals surface area contributed by atoms with Crippen LogP contribution in [0.15, 0.2) is 27.8 Å². The minimum absolute atomic E-state index is 0.234. The molecule has 1 unspecified atom stereocenters. The zero-order valence-electron chi connectivity index (χ0n) is 11.8. The van der Waals surface area contributed by atoms with E-state index in [4.69, 9.17) is 14.9 Å². The Labute approximate surface area is 121 Å². The van der Waals surface area contributed by atoms with Gasteiger partial charge in [0.25, 0.3) is 5.22 Å². The normalized spacial score (nSPS) is 13.2. The Bertz CT molecular complexity index is 595. The Kier molecular flexibility index (Phi) is 5.14. The number of hydrogen-bond donors (Lipinski definition) is 1. The third-order valence-electron chi connectivity index (χ3n) is 2.84. The van der Waals surface area contributed by atoms with Gasteiger partial charge >= 0.3 is 0 Å². The van der Waals surface area contributed by atoms with E-state index in [1.54, 1.807) is 18.2 Å². The zero-order chi connectivity index (χ0) is 14.5. The van der Waals surface area contributed by atoms with Crippen molar-refractivity contribution in [2.75, 3.05) is 24.7 Å². The highest BCUT2D eigenvalue weighted by molar-refractivity contribution is 7.84. The van der Waals surface area contributed by atoms with Gasteiger partial charge in [0.05, 0.1) is 12.4 Å².